The normalized spacial score (nSPS) is 22.2. The fourth-order valence-electron chi connectivity index (χ4n) is 6.46. The van der Waals surface area contributed by atoms with Crippen LogP contribution in [0.2, 0.25) is 0 Å². The Bertz CT molecular complexity index is 529. The first-order chi connectivity index (χ1) is 16.3. The molecular formula is C26H62Cl2N6O5. The molecule has 13 heteroatoms. The molecule has 0 aromatic rings. The van der Waals surface area contributed by atoms with Gasteiger partial charge in [-0.05, 0) is 26.2 Å². The van der Waals surface area contributed by atoms with Gasteiger partial charge < -0.3 is 70.2 Å². The third-order valence-corrected chi connectivity index (χ3v) is 9.32. The number of halogens is 2. The highest BCUT2D eigenvalue weighted by Gasteiger charge is 2.45. The second-order valence-electron chi connectivity index (χ2n) is 11.4. The molecule has 3 saturated heterocycles. The maximum atomic E-state index is 10.5. The SMILES string of the molecule is CCN(CC)CC(O)CN1CC[N+]2(CC1)CC[N+]1(CCN(CC(O)CN(CC)CC)CC1)CC2.O.O.O.[Cl-].[Cl-]. The van der Waals surface area contributed by atoms with Gasteiger partial charge in [-0.2, -0.15) is 0 Å². The van der Waals surface area contributed by atoms with Crippen LogP contribution in [0.1, 0.15) is 27.7 Å². The zero-order valence-electron chi connectivity index (χ0n) is 25.1. The molecule has 8 N–H and O–H groups in total. The monoisotopic (exact) mass is 608 g/mol. The molecule has 0 aliphatic carbocycles. The highest BCUT2D eigenvalue weighted by Crippen LogP contribution is 2.24. The molecule has 3 rings (SSSR count). The Morgan fingerprint density at radius 2 is 0.795 bits per heavy atom. The van der Waals surface area contributed by atoms with E-state index in [-0.39, 0.29) is 53.5 Å². The van der Waals surface area contributed by atoms with Gasteiger partial charge in [0.2, 0.25) is 0 Å². The van der Waals surface area contributed by atoms with Crippen LogP contribution >= 0.6 is 0 Å². The summed E-state index contributed by atoms with van der Waals surface area (Å²) in [5.41, 5.74) is 0. The fraction of sp³-hybridized carbons (Fsp3) is 1.00. The summed E-state index contributed by atoms with van der Waals surface area (Å²) in [5.74, 6) is 0. The number of hydrogen-bond acceptors (Lipinski definition) is 6. The molecule has 11 nitrogen and oxygen atoms in total. The molecule has 3 fully saturated rings. The molecule has 2 spiro atoms. The van der Waals surface area contributed by atoms with E-state index >= 15 is 0 Å². The number of rotatable bonds is 12. The van der Waals surface area contributed by atoms with Crippen molar-refractivity contribution in [1.82, 2.24) is 19.6 Å². The molecule has 3 aliphatic rings. The van der Waals surface area contributed by atoms with Crippen LogP contribution in [-0.4, -0.2) is 198 Å². The molecule has 0 amide bonds. The third kappa shape index (κ3) is 12.9. The highest BCUT2D eigenvalue weighted by atomic mass is 35.5. The third-order valence-electron chi connectivity index (χ3n) is 9.32. The molecule has 0 saturated carbocycles. The van der Waals surface area contributed by atoms with Crippen molar-refractivity contribution >= 4 is 0 Å². The molecular weight excluding hydrogens is 547 g/mol. The minimum atomic E-state index is -0.233. The lowest BCUT2D eigenvalue weighted by atomic mass is 10.1. The van der Waals surface area contributed by atoms with E-state index in [1.807, 2.05) is 0 Å². The summed E-state index contributed by atoms with van der Waals surface area (Å²) in [7, 11) is 0. The molecule has 0 aromatic heterocycles. The van der Waals surface area contributed by atoms with Gasteiger partial charge in [-0.15, -0.1) is 0 Å². The average molecular weight is 610 g/mol. The topological polar surface area (TPSA) is 148 Å². The van der Waals surface area contributed by atoms with E-state index in [1.54, 1.807) is 0 Å². The summed E-state index contributed by atoms with van der Waals surface area (Å²) in [4.78, 5) is 9.64. The predicted octanol–water partition coefficient (Wildman–Crippen LogP) is -8.80. The lowest BCUT2D eigenvalue weighted by Gasteiger charge is -2.54. The molecule has 2 atom stereocenters. The molecule has 2 unspecified atom stereocenters. The number of nitrogens with zero attached hydrogens (tertiary/aromatic N) is 6. The summed E-state index contributed by atoms with van der Waals surface area (Å²) in [5, 5.41) is 21.1. The van der Waals surface area contributed by atoms with Crippen LogP contribution < -0.4 is 24.8 Å². The van der Waals surface area contributed by atoms with E-state index in [0.29, 0.717) is 0 Å². The maximum absolute atomic E-state index is 10.5. The molecule has 0 radical (unpaired) electrons. The highest BCUT2D eigenvalue weighted by molar-refractivity contribution is 4.75. The Labute approximate surface area is 250 Å². The molecule has 39 heavy (non-hydrogen) atoms. The van der Waals surface area contributed by atoms with Crippen LogP contribution in [0.5, 0.6) is 0 Å². The Balaban J connectivity index is -0.00000259. The van der Waals surface area contributed by atoms with E-state index in [4.69, 9.17) is 0 Å². The van der Waals surface area contributed by atoms with Gasteiger partial charge in [-0.25, -0.2) is 0 Å². The summed E-state index contributed by atoms with van der Waals surface area (Å²) < 4.78 is 2.60. The Hall–Kier alpha value is 0.140. The lowest BCUT2D eigenvalue weighted by molar-refractivity contribution is -1.03. The van der Waals surface area contributed by atoms with Gasteiger partial charge in [0.05, 0.1) is 38.4 Å². The first kappa shape index (κ1) is 43.6. The van der Waals surface area contributed by atoms with E-state index in [2.05, 4.69) is 47.3 Å². The lowest BCUT2D eigenvalue weighted by Crippen LogP contribution is -3.00. The summed E-state index contributed by atoms with van der Waals surface area (Å²) in [6.45, 7) is 30.8. The molecule has 0 bridgehead atoms. The van der Waals surface area contributed by atoms with Gasteiger partial charge in [-0.3, -0.25) is 9.80 Å². The van der Waals surface area contributed by atoms with Crippen molar-refractivity contribution in [2.75, 3.05) is 131 Å². The number of hydrogen-bond donors (Lipinski definition) is 2. The molecule has 240 valence electrons. The van der Waals surface area contributed by atoms with Crippen molar-refractivity contribution < 1.29 is 60.4 Å². The van der Waals surface area contributed by atoms with Gasteiger partial charge >= 0.3 is 0 Å². The summed E-state index contributed by atoms with van der Waals surface area (Å²) in [6.07, 6.45) is -0.466. The minimum Gasteiger partial charge on any atom is -1.00 e. The van der Waals surface area contributed by atoms with Crippen LogP contribution in [0.15, 0.2) is 0 Å². The predicted molar refractivity (Wildman–Crippen MR) is 151 cm³/mol. The standard InChI is InChI=1S/C26H56N6O2.2ClH.3H2O/c1-5-27(6-2)21-25(33)23-29-9-13-31(14-10-29)17-19-32(20-18-31)15-11-30(12-16-32)24-26(34)22-28(7-3)8-4;;;;;/h25-26,33-34H,5-24H2,1-4H3;2*1H;3*1H2/q+2;;;;;/p-2. The number of piperazine rings is 3. The van der Waals surface area contributed by atoms with E-state index in [0.717, 1.165) is 78.5 Å². The summed E-state index contributed by atoms with van der Waals surface area (Å²) >= 11 is 0. The second-order valence-corrected chi connectivity index (χ2v) is 11.4. The summed E-state index contributed by atoms with van der Waals surface area (Å²) in [6, 6.07) is 0. The number of likely N-dealkylation sites (N-methyl/N-ethyl adjacent to an activating group) is 2. The second kappa shape index (κ2) is 20.9. The Morgan fingerprint density at radius 3 is 1.03 bits per heavy atom. The average Bonchev–Trinajstić information content (AvgIpc) is 2.86. The van der Waals surface area contributed by atoms with Crippen molar-refractivity contribution in [3.05, 3.63) is 0 Å². The fourth-order valence-corrected chi connectivity index (χ4v) is 6.46. The zero-order chi connectivity index (χ0) is 24.6. The number of β-amino-alcohol motifs (C(OH)–C–C–N with tert-alkyl or cyclic N) is 2. The Kier molecular flexibility index (Phi) is 23.4. The molecule has 0 aromatic carbocycles. The van der Waals surface area contributed by atoms with Crippen molar-refractivity contribution in [1.29, 1.82) is 0 Å². The largest absolute Gasteiger partial charge is 1.00 e. The zero-order valence-corrected chi connectivity index (χ0v) is 26.6. The van der Waals surface area contributed by atoms with Gasteiger partial charge in [0, 0.05) is 52.4 Å². The van der Waals surface area contributed by atoms with Gasteiger partial charge in [0.25, 0.3) is 0 Å². The van der Waals surface area contributed by atoms with Crippen LogP contribution in [0.3, 0.4) is 0 Å². The molecule has 3 heterocycles. The van der Waals surface area contributed by atoms with Crippen LogP contribution in [0.25, 0.3) is 0 Å². The van der Waals surface area contributed by atoms with Crippen LogP contribution in [0, 0.1) is 0 Å². The van der Waals surface area contributed by atoms with Crippen molar-refractivity contribution in [2.45, 2.75) is 39.9 Å². The first-order valence-electron chi connectivity index (χ1n) is 14.3. The maximum Gasteiger partial charge on any atom is 0.129 e. The van der Waals surface area contributed by atoms with E-state index in [1.165, 1.54) is 61.3 Å². The van der Waals surface area contributed by atoms with Gasteiger partial charge in [0.15, 0.2) is 0 Å². The van der Waals surface area contributed by atoms with Crippen LogP contribution in [0.4, 0.5) is 0 Å². The number of quaternary nitrogens is 2. The quantitative estimate of drug-likeness (QED) is 0.210. The smallest absolute Gasteiger partial charge is 0.129 e. The van der Waals surface area contributed by atoms with E-state index < -0.39 is 0 Å². The molecule has 3 aliphatic heterocycles. The minimum absolute atomic E-state index is 0. The van der Waals surface area contributed by atoms with Gasteiger partial charge in [0.1, 0.15) is 26.2 Å². The van der Waals surface area contributed by atoms with E-state index in [9.17, 15) is 10.2 Å². The van der Waals surface area contributed by atoms with Crippen molar-refractivity contribution in [2.24, 2.45) is 0 Å². The van der Waals surface area contributed by atoms with Crippen molar-refractivity contribution in [3.8, 4) is 0 Å². The number of aliphatic hydroxyl groups is 2. The van der Waals surface area contributed by atoms with Gasteiger partial charge in [-0.1, -0.05) is 27.7 Å². The first-order valence-corrected chi connectivity index (χ1v) is 14.3. The Morgan fingerprint density at radius 1 is 0.538 bits per heavy atom. The van der Waals surface area contributed by atoms with Crippen molar-refractivity contribution in [3.63, 3.8) is 0 Å². The van der Waals surface area contributed by atoms with Crippen LogP contribution in [-0.2, 0) is 0 Å². The number of aliphatic hydroxyl groups excluding tert-OH is 2.